The third-order valence-corrected chi connectivity index (χ3v) is 4.06. The lowest BCUT2D eigenvalue weighted by Crippen LogP contribution is -2.48. The zero-order valence-corrected chi connectivity index (χ0v) is 13.3. The average Bonchev–Trinajstić information content (AvgIpc) is 3.18. The molecule has 2 rings (SSSR count). The number of aliphatic hydroxyl groups is 1. The van der Waals surface area contributed by atoms with Gasteiger partial charge < -0.3 is 33.2 Å². The SMILES string of the molecule is COC1C(c2ccco2)O[C@@H]([C@H](OC)[C@@H](CO)OC)[C@H]1OC. The van der Waals surface area contributed by atoms with Crippen molar-refractivity contribution in [3.8, 4) is 0 Å². The zero-order valence-electron chi connectivity index (χ0n) is 13.3. The van der Waals surface area contributed by atoms with E-state index in [4.69, 9.17) is 28.1 Å². The number of ether oxygens (including phenoxy) is 5. The predicted octanol–water partition coefficient (Wildman–Crippen LogP) is 0.772. The fraction of sp³-hybridized carbons (Fsp3) is 0.733. The summed E-state index contributed by atoms with van der Waals surface area (Å²) < 4.78 is 33.4. The molecule has 7 nitrogen and oxygen atoms in total. The van der Waals surface area contributed by atoms with Crippen LogP contribution >= 0.6 is 0 Å². The molecule has 0 bridgehead atoms. The van der Waals surface area contributed by atoms with Gasteiger partial charge in [0.25, 0.3) is 0 Å². The van der Waals surface area contributed by atoms with Crippen molar-refractivity contribution in [3.63, 3.8) is 0 Å². The van der Waals surface area contributed by atoms with Crippen LogP contribution in [-0.2, 0) is 23.7 Å². The molecule has 1 N–H and O–H groups in total. The number of rotatable bonds is 8. The van der Waals surface area contributed by atoms with Crippen LogP contribution in [0.5, 0.6) is 0 Å². The van der Waals surface area contributed by atoms with Gasteiger partial charge in [-0.05, 0) is 12.1 Å². The van der Waals surface area contributed by atoms with Gasteiger partial charge in [0.2, 0.25) is 0 Å². The third kappa shape index (κ3) is 3.19. The number of methoxy groups -OCH3 is 4. The molecule has 0 aromatic carbocycles. The van der Waals surface area contributed by atoms with Crippen LogP contribution in [-0.4, -0.2) is 70.7 Å². The number of furan rings is 1. The average molecular weight is 316 g/mol. The van der Waals surface area contributed by atoms with Crippen LogP contribution in [0.2, 0.25) is 0 Å². The molecular weight excluding hydrogens is 292 g/mol. The summed E-state index contributed by atoms with van der Waals surface area (Å²) in [7, 11) is 6.25. The topological polar surface area (TPSA) is 79.5 Å². The Kier molecular flexibility index (Phi) is 6.37. The van der Waals surface area contributed by atoms with E-state index in [1.54, 1.807) is 33.7 Å². The molecule has 1 aliphatic heterocycles. The number of hydrogen-bond donors (Lipinski definition) is 1. The summed E-state index contributed by atoms with van der Waals surface area (Å²) in [5.74, 6) is 0.657. The second-order valence-electron chi connectivity index (χ2n) is 5.09. The molecule has 0 radical (unpaired) electrons. The Hall–Kier alpha value is -0.960. The quantitative estimate of drug-likeness (QED) is 0.759. The molecule has 0 spiro atoms. The van der Waals surface area contributed by atoms with Gasteiger partial charge in [0, 0.05) is 28.4 Å². The van der Waals surface area contributed by atoms with Gasteiger partial charge in [-0.2, -0.15) is 0 Å². The van der Waals surface area contributed by atoms with E-state index < -0.39 is 24.4 Å². The van der Waals surface area contributed by atoms with Gasteiger partial charge >= 0.3 is 0 Å². The Labute approximate surface area is 130 Å². The fourth-order valence-corrected chi connectivity index (χ4v) is 2.97. The molecule has 1 aliphatic rings. The number of hydrogen-bond acceptors (Lipinski definition) is 7. The van der Waals surface area contributed by atoms with Gasteiger partial charge in [-0.25, -0.2) is 0 Å². The Morgan fingerprint density at radius 3 is 2.32 bits per heavy atom. The van der Waals surface area contributed by atoms with Crippen LogP contribution in [0, 0.1) is 0 Å². The van der Waals surface area contributed by atoms with Gasteiger partial charge in [-0.3, -0.25) is 0 Å². The lowest BCUT2D eigenvalue weighted by atomic mass is 9.99. The van der Waals surface area contributed by atoms with Gasteiger partial charge in [-0.15, -0.1) is 0 Å². The molecule has 126 valence electrons. The van der Waals surface area contributed by atoms with E-state index in [2.05, 4.69) is 0 Å². The molecule has 7 heteroatoms. The molecule has 1 aromatic heterocycles. The van der Waals surface area contributed by atoms with Crippen LogP contribution in [0.25, 0.3) is 0 Å². The molecule has 6 atom stereocenters. The summed E-state index contributed by atoms with van der Waals surface area (Å²) in [6.07, 6.45) is -1.06. The molecule has 0 aliphatic carbocycles. The summed E-state index contributed by atoms with van der Waals surface area (Å²) in [6, 6.07) is 3.62. The highest BCUT2D eigenvalue weighted by atomic mass is 16.6. The first kappa shape index (κ1) is 17.4. The van der Waals surface area contributed by atoms with Crippen LogP contribution in [0.1, 0.15) is 11.9 Å². The van der Waals surface area contributed by atoms with E-state index in [-0.39, 0.29) is 18.8 Å². The van der Waals surface area contributed by atoms with E-state index in [9.17, 15) is 5.11 Å². The van der Waals surface area contributed by atoms with Crippen molar-refractivity contribution in [1.82, 2.24) is 0 Å². The minimum Gasteiger partial charge on any atom is -0.466 e. The maximum Gasteiger partial charge on any atom is 0.144 e. The van der Waals surface area contributed by atoms with E-state index in [1.807, 2.05) is 6.07 Å². The summed E-state index contributed by atoms with van der Waals surface area (Å²) >= 11 is 0. The first-order chi connectivity index (χ1) is 10.7. The first-order valence-corrected chi connectivity index (χ1v) is 7.12. The molecule has 1 fully saturated rings. The standard InChI is InChI=1S/C15H24O7/c1-17-10(8-16)11(18-2)15-14(20-4)13(19-3)12(22-15)9-6-5-7-21-9/h5-7,10-16H,8H2,1-4H3/t10-,11-,12?,13?,14+,15+/m1/s1. The summed E-state index contributed by atoms with van der Waals surface area (Å²) in [6.45, 7) is -0.186. The highest BCUT2D eigenvalue weighted by Gasteiger charge is 2.52. The van der Waals surface area contributed by atoms with E-state index in [1.165, 1.54) is 7.11 Å². The van der Waals surface area contributed by atoms with Crippen LogP contribution in [0.4, 0.5) is 0 Å². The second-order valence-corrected chi connectivity index (χ2v) is 5.09. The molecule has 1 saturated heterocycles. The van der Waals surface area contributed by atoms with Gasteiger partial charge in [0.1, 0.15) is 42.4 Å². The van der Waals surface area contributed by atoms with Crippen LogP contribution in [0.3, 0.4) is 0 Å². The highest BCUT2D eigenvalue weighted by Crippen LogP contribution is 2.39. The molecule has 0 amide bonds. The predicted molar refractivity (Wildman–Crippen MR) is 76.6 cm³/mol. The molecule has 2 unspecified atom stereocenters. The van der Waals surface area contributed by atoms with Crippen molar-refractivity contribution >= 4 is 0 Å². The highest BCUT2D eigenvalue weighted by molar-refractivity contribution is 5.10. The first-order valence-electron chi connectivity index (χ1n) is 7.12. The monoisotopic (exact) mass is 316 g/mol. The summed E-state index contributed by atoms with van der Waals surface area (Å²) in [4.78, 5) is 0. The lowest BCUT2D eigenvalue weighted by Gasteiger charge is -2.31. The maximum absolute atomic E-state index is 9.47. The zero-order chi connectivity index (χ0) is 16.1. The van der Waals surface area contributed by atoms with Crippen molar-refractivity contribution < 1.29 is 33.2 Å². The van der Waals surface area contributed by atoms with E-state index >= 15 is 0 Å². The largest absolute Gasteiger partial charge is 0.466 e. The summed E-state index contributed by atoms with van der Waals surface area (Å²) in [5.41, 5.74) is 0. The fourth-order valence-electron chi connectivity index (χ4n) is 2.97. The van der Waals surface area contributed by atoms with Crippen molar-refractivity contribution in [2.75, 3.05) is 35.0 Å². The minimum absolute atomic E-state index is 0.186. The van der Waals surface area contributed by atoms with E-state index in [0.29, 0.717) is 5.76 Å². The minimum atomic E-state index is -0.527. The Bertz CT molecular complexity index is 418. The number of aliphatic hydroxyl groups excluding tert-OH is 1. The molecule has 2 heterocycles. The Morgan fingerprint density at radius 1 is 1.14 bits per heavy atom. The van der Waals surface area contributed by atoms with Crippen molar-refractivity contribution in [1.29, 1.82) is 0 Å². The summed E-state index contributed by atoms with van der Waals surface area (Å²) in [5, 5.41) is 9.47. The Morgan fingerprint density at radius 2 is 1.86 bits per heavy atom. The molecule has 0 saturated carbocycles. The smallest absolute Gasteiger partial charge is 0.144 e. The van der Waals surface area contributed by atoms with Crippen molar-refractivity contribution in [2.45, 2.75) is 36.6 Å². The maximum atomic E-state index is 9.47. The van der Waals surface area contributed by atoms with Gasteiger partial charge in [0.15, 0.2) is 0 Å². The van der Waals surface area contributed by atoms with E-state index in [0.717, 1.165) is 0 Å². The van der Waals surface area contributed by atoms with Crippen molar-refractivity contribution in [3.05, 3.63) is 24.2 Å². The normalized spacial score (nSPS) is 31.3. The molecular formula is C15H24O7. The molecule has 22 heavy (non-hydrogen) atoms. The van der Waals surface area contributed by atoms with Crippen LogP contribution in [0.15, 0.2) is 22.8 Å². The third-order valence-electron chi connectivity index (χ3n) is 4.06. The van der Waals surface area contributed by atoms with Gasteiger partial charge in [-0.1, -0.05) is 0 Å². The molecule has 1 aromatic rings. The van der Waals surface area contributed by atoms with Crippen molar-refractivity contribution in [2.24, 2.45) is 0 Å². The Balaban J connectivity index is 2.26. The second kappa shape index (κ2) is 8.05. The van der Waals surface area contributed by atoms with Gasteiger partial charge in [0.05, 0.1) is 12.9 Å². The van der Waals surface area contributed by atoms with Crippen LogP contribution < -0.4 is 0 Å². The lowest BCUT2D eigenvalue weighted by molar-refractivity contribution is -0.147.